The third-order valence-corrected chi connectivity index (χ3v) is 10.0. The van der Waals surface area contributed by atoms with E-state index in [0.29, 0.717) is 22.7 Å². The van der Waals surface area contributed by atoms with Crippen molar-refractivity contribution >= 4 is 0 Å². The van der Waals surface area contributed by atoms with Crippen molar-refractivity contribution in [3.8, 4) is 0 Å². The number of hydrogen-bond donors (Lipinski definition) is 1. The highest BCUT2D eigenvalue weighted by Gasteiger charge is 2.56. The minimum atomic E-state index is -0.116. The lowest BCUT2D eigenvalue weighted by Crippen LogP contribution is -2.46. The van der Waals surface area contributed by atoms with Crippen LogP contribution in [0.15, 0.2) is 35.5 Å². The van der Waals surface area contributed by atoms with Crippen molar-refractivity contribution in [2.45, 2.75) is 92.6 Å². The first-order valence-electron chi connectivity index (χ1n) is 12.4. The number of rotatable bonds is 4. The molecule has 4 aliphatic rings. The molecule has 162 valence electrons. The lowest BCUT2D eigenvalue weighted by atomic mass is 9.50. The Hall–Kier alpha value is -0.820. The van der Waals surface area contributed by atoms with E-state index in [4.69, 9.17) is 0 Å². The molecule has 3 fully saturated rings. The van der Waals surface area contributed by atoms with Gasteiger partial charge in [-0.25, -0.2) is 0 Å². The minimum absolute atomic E-state index is 0.116. The van der Waals surface area contributed by atoms with Crippen LogP contribution in [0.1, 0.15) is 86.5 Å². The predicted octanol–water partition coefficient (Wildman–Crippen LogP) is 7.33. The molecule has 29 heavy (non-hydrogen) atoms. The van der Waals surface area contributed by atoms with Crippen LogP contribution in [0, 0.1) is 46.3 Å². The highest BCUT2D eigenvalue weighted by Crippen LogP contribution is 2.65. The van der Waals surface area contributed by atoms with Gasteiger partial charge in [0, 0.05) is 0 Å². The fraction of sp³-hybridized carbons (Fsp3) is 0.786. The van der Waals surface area contributed by atoms with Gasteiger partial charge in [0.1, 0.15) is 0 Å². The molecule has 1 nitrogen and oxygen atoms in total. The molecule has 0 saturated heterocycles. The van der Waals surface area contributed by atoms with Crippen molar-refractivity contribution in [1.29, 1.82) is 0 Å². The van der Waals surface area contributed by atoms with E-state index in [2.05, 4.69) is 65.8 Å². The average molecular weight is 397 g/mol. The Morgan fingerprint density at radius 3 is 2.41 bits per heavy atom. The van der Waals surface area contributed by atoms with Crippen molar-refractivity contribution in [3.63, 3.8) is 0 Å². The summed E-state index contributed by atoms with van der Waals surface area (Å²) in [6, 6.07) is 0. The van der Waals surface area contributed by atoms with Crippen LogP contribution in [0.3, 0.4) is 0 Å². The normalized spacial score (nSPS) is 44.0. The van der Waals surface area contributed by atoms with E-state index >= 15 is 0 Å². The van der Waals surface area contributed by atoms with Crippen molar-refractivity contribution in [1.82, 2.24) is 0 Å². The topological polar surface area (TPSA) is 20.2 Å². The van der Waals surface area contributed by atoms with Gasteiger partial charge in [0.05, 0.1) is 6.10 Å². The molecule has 0 amide bonds. The van der Waals surface area contributed by atoms with Crippen LogP contribution in [0.2, 0.25) is 0 Å². The van der Waals surface area contributed by atoms with Crippen molar-refractivity contribution in [2.24, 2.45) is 46.3 Å². The maximum Gasteiger partial charge on any atom is 0.0578 e. The summed E-state index contributed by atoms with van der Waals surface area (Å²) in [7, 11) is 0. The van der Waals surface area contributed by atoms with E-state index in [0.717, 1.165) is 36.5 Å². The Morgan fingerprint density at radius 1 is 0.931 bits per heavy atom. The molecule has 3 saturated carbocycles. The van der Waals surface area contributed by atoms with E-state index in [9.17, 15) is 5.11 Å². The molecule has 0 aliphatic heterocycles. The number of hydrogen-bond acceptors (Lipinski definition) is 1. The zero-order valence-corrected chi connectivity index (χ0v) is 19.7. The SMILES string of the molecule is CC(C)C(C)C=C[C@@H](C)C1CCC2C3=CC=C4C[C@@H](O)CC[C@]4(C)C3CC[C@@]21C. The smallest absolute Gasteiger partial charge is 0.0578 e. The van der Waals surface area contributed by atoms with Crippen LogP contribution in [0.4, 0.5) is 0 Å². The van der Waals surface area contributed by atoms with Gasteiger partial charge < -0.3 is 5.11 Å². The molecule has 1 N–H and O–H groups in total. The first kappa shape index (κ1) is 21.4. The average Bonchev–Trinajstić information content (AvgIpc) is 3.03. The molecule has 8 atom stereocenters. The molecule has 0 aromatic rings. The van der Waals surface area contributed by atoms with Crippen LogP contribution in [-0.2, 0) is 0 Å². The van der Waals surface area contributed by atoms with Gasteiger partial charge in [0.25, 0.3) is 0 Å². The molecule has 0 bridgehead atoms. The Kier molecular flexibility index (Phi) is 5.69. The van der Waals surface area contributed by atoms with Crippen molar-refractivity contribution < 1.29 is 5.11 Å². The Morgan fingerprint density at radius 2 is 1.69 bits per heavy atom. The summed E-state index contributed by atoms with van der Waals surface area (Å²) in [5.74, 6) is 4.38. The van der Waals surface area contributed by atoms with E-state index < -0.39 is 0 Å². The van der Waals surface area contributed by atoms with Crippen molar-refractivity contribution in [2.75, 3.05) is 0 Å². The van der Waals surface area contributed by atoms with Crippen LogP contribution < -0.4 is 0 Å². The standard InChI is InChI=1S/C28H44O/c1-18(2)19(3)7-8-20(4)24-11-12-25-23-10-9-21-17-22(29)13-15-27(21,5)26(23)14-16-28(24,25)6/h7-10,18-20,22,24-26,29H,11-17H2,1-6H3/t19?,20-,22+,24?,25?,26?,27+,28-/m1/s1. The fourth-order valence-electron chi connectivity index (χ4n) is 7.59. The lowest BCUT2D eigenvalue weighted by Gasteiger charge is -2.55. The minimum Gasteiger partial charge on any atom is -0.393 e. The van der Waals surface area contributed by atoms with Gasteiger partial charge in [0.2, 0.25) is 0 Å². The summed E-state index contributed by atoms with van der Waals surface area (Å²) in [5.41, 5.74) is 4.07. The zero-order valence-electron chi connectivity index (χ0n) is 19.7. The molecule has 0 spiro atoms. The highest BCUT2D eigenvalue weighted by atomic mass is 16.3. The maximum atomic E-state index is 10.2. The van der Waals surface area contributed by atoms with Gasteiger partial charge in [-0.1, -0.05) is 77.0 Å². The van der Waals surface area contributed by atoms with E-state index in [1.54, 1.807) is 5.57 Å². The van der Waals surface area contributed by atoms with Gasteiger partial charge in [-0.05, 0) is 91.3 Å². The van der Waals surface area contributed by atoms with Gasteiger partial charge in [-0.15, -0.1) is 0 Å². The van der Waals surface area contributed by atoms with Gasteiger partial charge in [0.15, 0.2) is 0 Å². The largest absolute Gasteiger partial charge is 0.393 e. The molecule has 4 unspecified atom stereocenters. The van der Waals surface area contributed by atoms with Crippen LogP contribution in [0.25, 0.3) is 0 Å². The predicted molar refractivity (Wildman–Crippen MR) is 123 cm³/mol. The maximum absolute atomic E-state index is 10.2. The molecule has 4 aliphatic carbocycles. The monoisotopic (exact) mass is 396 g/mol. The van der Waals surface area contributed by atoms with E-state index in [1.807, 2.05) is 0 Å². The molecule has 0 aromatic carbocycles. The van der Waals surface area contributed by atoms with Crippen LogP contribution >= 0.6 is 0 Å². The lowest BCUT2D eigenvalue weighted by molar-refractivity contribution is 0.0382. The molecular formula is C28H44O. The van der Waals surface area contributed by atoms with Gasteiger partial charge >= 0.3 is 0 Å². The fourth-order valence-corrected chi connectivity index (χ4v) is 7.59. The number of allylic oxidation sites excluding steroid dienone is 5. The second-order valence-corrected chi connectivity index (χ2v) is 11.9. The molecule has 0 aromatic heterocycles. The number of aliphatic hydroxyl groups is 1. The molecule has 4 rings (SSSR count). The van der Waals surface area contributed by atoms with Gasteiger partial charge in [-0.3, -0.25) is 0 Å². The van der Waals surface area contributed by atoms with E-state index in [-0.39, 0.29) is 6.10 Å². The summed E-state index contributed by atoms with van der Waals surface area (Å²) in [4.78, 5) is 0. The summed E-state index contributed by atoms with van der Waals surface area (Å²) in [5, 5.41) is 10.2. The number of aliphatic hydroxyl groups excluding tert-OH is 1. The zero-order chi connectivity index (χ0) is 21.0. The Labute approximate surface area is 179 Å². The van der Waals surface area contributed by atoms with Crippen LogP contribution in [-0.4, -0.2) is 11.2 Å². The molecule has 1 heteroatoms. The summed E-state index contributed by atoms with van der Waals surface area (Å²) in [6.07, 6.45) is 18.4. The molecular weight excluding hydrogens is 352 g/mol. The molecule has 0 heterocycles. The molecule has 0 radical (unpaired) electrons. The summed E-state index contributed by atoms with van der Waals surface area (Å²) in [6.45, 7) is 14.6. The summed E-state index contributed by atoms with van der Waals surface area (Å²) >= 11 is 0. The Balaban J connectivity index is 1.57. The highest BCUT2D eigenvalue weighted by molar-refractivity contribution is 5.39. The first-order chi connectivity index (χ1) is 13.7. The van der Waals surface area contributed by atoms with Crippen molar-refractivity contribution in [3.05, 3.63) is 35.5 Å². The summed E-state index contributed by atoms with van der Waals surface area (Å²) < 4.78 is 0. The Bertz CT molecular complexity index is 712. The number of fused-ring (bicyclic) bond motifs is 5. The van der Waals surface area contributed by atoms with Crippen LogP contribution in [0.5, 0.6) is 0 Å². The second-order valence-electron chi connectivity index (χ2n) is 11.9. The second kappa shape index (κ2) is 7.70. The third kappa shape index (κ3) is 3.50. The third-order valence-electron chi connectivity index (χ3n) is 10.0. The first-order valence-corrected chi connectivity index (χ1v) is 12.4. The quantitative estimate of drug-likeness (QED) is 0.493. The van der Waals surface area contributed by atoms with Gasteiger partial charge in [-0.2, -0.15) is 0 Å². The van der Waals surface area contributed by atoms with E-state index in [1.165, 1.54) is 37.7 Å².